The lowest BCUT2D eigenvalue weighted by Gasteiger charge is -2.37. The van der Waals surface area contributed by atoms with Gasteiger partial charge in [-0.25, -0.2) is 0 Å². The van der Waals surface area contributed by atoms with Crippen molar-refractivity contribution in [1.82, 2.24) is 0 Å². The number of nitrogens with zero attached hydrogens (tertiary/aromatic N) is 1. The van der Waals surface area contributed by atoms with Crippen molar-refractivity contribution in [3.8, 4) is 11.1 Å². The molecule has 5 aromatic carbocycles. The van der Waals surface area contributed by atoms with Crippen LogP contribution in [0.25, 0.3) is 22.3 Å². The summed E-state index contributed by atoms with van der Waals surface area (Å²) in [4.78, 5) is 2.57. The van der Waals surface area contributed by atoms with Gasteiger partial charge in [-0.2, -0.15) is 0 Å². The molecule has 0 saturated heterocycles. The van der Waals surface area contributed by atoms with Crippen molar-refractivity contribution in [2.45, 2.75) is 38.0 Å². The van der Waals surface area contributed by atoms with E-state index in [0.29, 0.717) is 0 Å². The Hall–Kier alpha value is -4.88. The van der Waals surface area contributed by atoms with Crippen molar-refractivity contribution < 1.29 is 0 Å². The van der Waals surface area contributed by atoms with Gasteiger partial charge < -0.3 is 4.90 Å². The summed E-state index contributed by atoms with van der Waals surface area (Å²) in [5, 5.41) is 0. The van der Waals surface area contributed by atoms with Crippen LogP contribution < -0.4 is 4.90 Å². The van der Waals surface area contributed by atoms with Gasteiger partial charge >= 0.3 is 0 Å². The lowest BCUT2D eigenvalue weighted by Crippen LogP contribution is -2.25. The minimum atomic E-state index is -0.243. The number of anilines is 2. The molecule has 0 amide bonds. The lowest BCUT2D eigenvalue weighted by molar-refractivity contribution is 0.660. The zero-order chi connectivity index (χ0) is 28.9. The Morgan fingerprint density at radius 3 is 2.02 bits per heavy atom. The molecule has 5 aromatic rings. The molecule has 0 aromatic heterocycles. The normalized spacial score (nSPS) is 20.3. The van der Waals surface area contributed by atoms with Gasteiger partial charge in [-0.15, -0.1) is 0 Å². The molecule has 3 aliphatic carbocycles. The molecule has 2 bridgehead atoms. The van der Waals surface area contributed by atoms with Crippen LogP contribution in [-0.2, 0) is 10.8 Å². The van der Waals surface area contributed by atoms with Crippen LogP contribution in [0.5, 0.6) is 0 Å². The Balaban J connectivity index is 1.34. The zero-order valence-electron chi connectivity index (χ0n) is 24.9. The number of benzene rings is 5. The highest BCUT2D eigenvalue weighted by Crippen LogP contribution is 2.59. The molecule has 0 fully saturated rings. The highest BCUT2D eigenvalue weighted by atomic mass is 15.2. The van der Waals surface area contributed by atoms with Crippen molar-refractivity contribution in [2.24, 2.45) is 0 Å². The van der Waals surface area contributed by atoms with E-state index in [-0.39, 0.29) is 10.8 Å². The van der Waals surface area contributed by atoms with Crippen LogP contribution in [0.15, 0.2) is 145 Å². The van der Waals surface area contributed by atoms with Crippen molar-refractivity contribution in [3.05, 3.63) is 178 Å². The van der Waals surface area contributed by atoms with Crippen LogP contribution in [0.4, 0.5) is 11.4 Å². The summed E-state index contributed by atoms with van der Waals surface area (Å²) < 4.78 is 0. The molecule has 1 unspecified atom stereocenters. The van der Waals surface area contributed by atoms with E-state index in [0.717, 1.165) is 6.42 Å². The molecule has 1 atom stereocenters. The summed E-state index contributed by atoms with van der Waals surface area (Å²) in [5.74, 6) is 0. The van der Waals surface area contributed by atoms with Crippen LogP contribution in [0.2, 0.25) is 0 Å². The third-order valence-electron chi connectivity index (χ3n) is 10.6. The summed E-state index contributed by atoms with van der Waals surface area (Å²) in [6.45, 7) is 7.13. The molecule has 1 nitrogen and oxygen atoms in total. The minimum absolute atomic E-state index is 0.0117. The first-order valence-electron chi connectivity index (χ1n) is 15.4. The van der Waals surface area contributed by atoms with Crippen molar-refractivity contribution >= 4 is 22.5 Å². The molecule has 206 valence electrons. The first kappa shape index (κ1) is 24.7. The molecule has 0 spiro atoms. The lowest BCUT2D eigenvalue weighted by atomic mass is 9.74. The molecule has 0 radical (unpaired) electrons. The van der Waals surface area contributed by atoms with Crippen LogP contribution in [0.3, 0.4) is 0 Å². The van der Waals surface area contributed by atoms with E-state index < -0.39 is 0 Å². The summed E-state index contributed by atoms with van der Waals surface area (Å²) in [6, 6.07) is 45.2. The highest BCUT2D eigenvalue weighted by Gasteiger charge is 2.46. The zero-order valence-corrected chi connectivity index (χ0v) is 24.9. The Morgan fingerprint density at radius 2 is 1.21 bits per heavy atom. The molecular formula is C42H33N. The van der Waals surface area contributed by atoms with Crippen LogP contribution in [0, 0.1) is 0 Å². The Kier molecular flexibility index (Phi) is 4.93. The number of para-hydroxylation sites is 1. The monoisotopic (exact) mass is 551 g/mol. The van der Waals surface area contributed by atoms with Gasteiger partial charge in [-0.1, -0.05) is 129 Å². The van der Waals surface area contributed by atoms with E-state index in [9.17, 15) is 0 Å². The number of allylic oxidation sites excluding steroid dienone is 5. The smallest absolute Gasteiger partial charge is 0.0534 e. The maximum absolute atomic E-state index is 2.57. The van der Waals surface area contributed by atoms with Crippen molar-refractivity contribution in [2.75, 3.05) is 4.90 Å². The minimum Gasteiger partial charge on any atom is -0.313 e. The maximum Gasteiger partial charge on any atom is 0.0534 e. The van der Waals surface area contributed by atoms with Crippen LogP contribution in [-0.4, -0.2) is 0 Å². The fourth-order valence-electron chi connectivity index (χ4n) is 8.44. The Bertz CT molecular complexity index is 2090. The average molecular weight is 552 g/mol. The van der Waals surface area contributed by atoms with Gasteiger partial charge in [0.25, 0.3) is 0 Å². The van der Waals surface area contributed by atoms with E-state index in [1.54, 1.807) is 0 Å². The van der Waals surface area contributed by atoms with E-state index in [4.69, 9.17) is 0 Å². The third kappa shape index (κ3) is 3.17. The second kappa shape index (κ2) is 8.58. The first-order valence-corrected chi connectivity index (χ1v) is 15.4. The topological polar surface area (TPSA) is 3.24 Å². The molecule has 1 aliphatic heterocycles. The average Bonchev–Trinajstić information content (AvgIpc) is 3.35. The van der Waals surface area contributed by atoms with Crippen molar-refractivity contribution in [1.29, 1.82) is 0 Å². The predicted octanol–water partition coefficient (Wildman–Crippen LogP) is 10.6. The van der Waals surface area contributed by atoms with E-state index >= 15 is 0 Å². The standard InChI is InChI=1S/C42H33N/c1-41(2)34-18-10-7-16-31(34)33-26-29(22-24-35(33)41)43-38-20-12-9-15-30(38)27-21-23-37-40(39(43)25-27)32-17-8-11-19-36(32)42(37,3)28-13-5-4-6-14-28/h4-24,26H,25H2,1-3H3. The predicted molar refractivity (Wildman–Crippen MR) is 180 cm³/mol. The fraction of sp³-hybridized carbons (Fsp3) is 0.143. The second-order valence-corrected chi connectivity index (χ2v) is 13.1. The van der Waals surface area contributed by atoms with Gasteiger partial charge in [0, 0.05) is 39.8 Å². The SMILES string of the molecule is CC1(C)c2ccccc2-c2cc(N3C4=C5C(=CC=C(C4)c4ccccc43)C(C)(c3ccccc3)c3ccccc35)ccc21. The number of fused-ring (bicyclic) bond motifs is 10. The fourth-order valence-corrected chi connectivity index (χ4v) is 8.44. The molecule has 9 rings (SSSR count). The van der Waals surface area contributed by atoms with E-state index in [1.807, 2.05) is 0 Å². The van der Waals surface area contributed by atoms with Crippen LogP contribution >= 0.6 is 0 Å². The first-order chi connectivity index (χ1) is 21.0. The van der Waals surface area contributed by atoms with Gasteiger partial charge in [0.2, 0.25) is 0 Å². The quantitative estimate of drug-likeness (QED) is 0.211. The molecule has 0 saturated carbocycles. The summed E-state index contributed by atoms with van der Waals surface area (Å²) in [6.07, 6.45) is 5.71. The van der Waals surface area contributed by atoms with Gasteiger partial charge in [0.1, 0.15) is 0 Å². The second-order valence-electron chi connectivity index (χ2n) is 13.1. The number of rotatable bonds is 2. The Labute approximate surface area is 254 Å². The molecule has 4 aliphatic rings. The van der Waals surface area contributed by atoms with Gasteiger partial charge in [-0.3, -0.25) is 0 Å². The molecule has 43 heavy (non-hydrogen) atoms. The molecule has 0 N–H and O–H groups in total. The number of hydrogen-bond donors (Lipinski definition) is 0. The number of hydrogen-bond acceptors (Lipinski definition) is 1. The summed E-state index contributed by atoms with van der Waals surface area (Å²) >= 11 is 0. The largest absolute Gasteiger partial charge is 0.313 e. The van der Waals surface area contributed by atoms with Crippen molar-refractivity contribution in [3.63, 3.8) is 0 Å². The summed E-state index contributed by atoms with van der Waals surface area (Å²) in [5.41, 5.74) is 18.7. The van der Waals surface area contributed by atoms with Crippen LogP contribution in [0.1, 0.15) is 60.6 Å². The van der Waals surface area contributed by atoms with Gasteiger partial charge in [0.15, 0.2) is 0 Å². The summed E-state index contributed by atoms with van der Waals surface area (Å²) in [7, 11) is 0. The van der Waals surface area contributed by atoms with E-state index in [1.165, 1.54) is 78.3 Å². The molecule has 1 heteroatoms. The Morgan fingerprint density at radius 1 is 0.558 bits per heavy atom. The highest BCUT2D eigenvalue weighted by molar-refractivity contribution is 6.02. The third-order valence-corrected chi connectivity index (χ3v) is 10.6. The van der Waals surface area contributed by atoms with E-state index in [2.05, 4.69) is 159 Å². The van der Waals surface area contributed by atoms with Gasteiger partial charge in [0.05, 0.1) is 5.69 Å². The maximum atomic E-state index is 2.57. The van der Waals surface area contributed by atoms with Gasteiger partial charge in [-0.05, 0) is 75.2 Å². The molecular weight excluding hydrogens is 518 g/mol. The molecule has 1 heterocycles.